The molecule has 0 aromatic heterocycles. The molecular formula is C16H20N2O6. The number of unbranched alkanes of at least 4 members (excludes halogenated alkanes) is 1. The molecule has 2 atom stereocenters. The number of rotatable bonds is 8. The maximum Gasteiger partial charge on any atom is 0.332 e. The molecule has 0 saturated carbocycles. The van der Waals surface area contributed by atoms with Crippen molar-refractivity contribution < 1.29 is 24.4 Å². The molecule has 0 spiro atoms. The van der Waals surface area contributed by atoms with Crippen LogP contribution < -0.4 is 5.32 Å². The molecule has 1 fully saturated rings. The highest BCUT2D eigenvalue weighted by molar-refractivity contribution is 5.82. The molecule has 1 saturated heterocycles. The first-order valence-electron chi connectivity index (χ1n) is 7.86. The van der Waals surface area contributed by atoms with Crippen LogP contribution in [0.25, 0.3) is 0 Å². The number of nitro benzene ring substituents is 1. The molecule has 2 N–H and O–H groups in total. The molecule has 130 valence electrons. The molecule has 2 rings (SSSR count). The molecule has 0 unspecified atom stereocenters. The number of ether oxygens (including phenoxy) is 1. The number of carbonyl (C=O) groups excluding carboxylic acids is 1. The van der Waals surface area contributed by atoms with Crippen LogP contribution >= 0.6 is 0 Å². The predicted octanol–water partition coefficient (Wildman–Crippen LogP) is 1.67. The van der Waals surface area contributed by atoms with E-state index in [0.717, 1.165) is 24.8 Å². The first-order chi connectivity index (χ1) is 11.5. The van der Waals surface area contributed by atoms with E-state index in [4.69, 9.17) is 9.84 Å². The standard InChI is InChI=1S/C16H20N2O6/c19-15(13-8-9-14(24-13)16(20)21)17-10-2-1-3-11-4-6-12(7-5-11)18(22)23/h4-7,13-14H,1-3,8-10H2,(H,17,19)(H,20,21)/t13-,14+/m0/s1. The van der Waals surface area contributed by atoms with Gasteiger partial charge in [-0.15, -0.1) is 0 Å². The van der Waals surface area contributed by atoms with Gasteiger partial charge >= 0.3 is 5.97 Å². The van der Waals surface area contributed by atoms with Gasteiger partial charge in [-0.1, -0.05) is 12.1 Å². The summed E-state index contributed by atoms with van der Waals surface area (Å²) in [5, 5.41) is 22.1. The van der Waals surface area contributed by atoms with E-state index in [1.54, 1.807) is 12.1 Å². The Balaban J connectivity index is 1.62. The molecule has 8 nitrogen and oxygen atoms in total. The molecule has 1 aromatic carbocycles. The zero-order valence-corrected chi connectivity index (χ0v) is 13.1. The highest BCUT2D eigenvalue weighted by Gasteiger charge is 2.34. The van der Waals surface area contributed by atoms with E-state index in [-0.39, 0.29) is 11.6 Å². The summed E-state index contributed by atoms with van der Waals surface area (Å²) in [6.45, 7) is 0.489. The lowest BCUT2D eigenvalue weighted by Crippen LogP contribution is -2.36. The van der Waals surface area contributed by atoms with E-state index < -0.39 is 23.1 Å². The summed E-state index contributed by atoms with van der Waals surface area (Å²) in [7, 11) is 0. The van der Waals surface area contributed by atoms with Crippen LogP contribution in [0.3, 0.4) is 0 Å². The second-order valence-corrected chi connectivity index (χ2v) is 5.70. The number of aliphatic carboxylic acids is 1. The van der Waals surface area contributed by atoms with Crippen molar-refractivity contribution in [2.45, 2.75) is 44.3 Å². The van der Waals surface area contributed by atoms with Gasteiger partial charge in [-0.05, 0) is 37.7 Å². The fraction of sp³-hybridized carbons (Fsp3) is 0.500. The number of nitrogens with one attached hydrogen (secondary N) is 1. The summed E-state index contributed by atoms with van der Waals surface area (Å²) in [6.07, 6.45) is 1.58. The average Bonchev–Trinajstić information content (AvgIpc) is 3.05. The zero-order chi connectivity index (χ0) is 17.5. The smallest absolute Gasteiger partial charge is 0.332 e. The number of nitrogens with zero attached hydrogens (tertiary/aromatic N) is 1. The maximum absolute atomic E-state index is 11.9. The Bertz CT molecular complexity index is 601. The number of nitro groups is 1. The lowest BCUT2D eigenvalue weighted by Gasteiger charge is -2.11. The Morgan fingerprint density at radius 1 is 1.21 bits per heavy atom. The van der Waals surface area contributed by atoms with Gasteiger partial charge in [-0.3, -0.25) is 14.9 Å². The Labute approximate surface area is 139 Å². The van der Waals surface area contributed by atoms with E-state index in [1.165, 1.54) is 12.1 Å². The van der Waals surface area contributed by atoms with Crippen molar-refractivity contribution in [2.24, 2.45) is 0 Å². The van der Waals surface area contributed by atoms with Gasteiger partial charge < -0.3 is 15.2 Å². The van der Waals surface area contributed by atoms with Crippen LogP contribution in [0, 0.1) is 10.1 Å². The molecule has 24 heavy (non-hydrogen) atoms. The van der Waals surface area contributed by atoms with Gasteiger partial charge in [0, 0.05) is 18.7 Å². The van der Waals surface area contributed by atoms with E-state index in [2.05, 4.69) is 5.32 Å². The Hall–Kier alpha value is -2.48. The first-order valence-corrected chi connectivity index (χ1v) is 7.86. The van der Waals surface area contributed by atoms with E-state index >= 15 is 0 Å². The Morgan fingerprint density at radius 3 is 2.46 bits per heavy atom. The minimum atomic E-state index is -1.03. The van der Waals surface area contributed by atoms with Crippen LogP contribution in [-0.4, -0.2) is 40.7 Å². The van der Waals surface area contributed by atoms with Crippen molar-refractivity contribution >= 4 is 17.6 Å². The number of amides is 1. The summed E-state index contributed by atoms with van der Waals surface area (Å²) < 4.78 is 5.17. The number of benzene rings is 1. The molecule has 8 heteroatoms. The fourth-order valence-corrected chi connectivity index (χ4v) is 2.58. The lowest BCUT2D eigenvalue weighted by atomic mass is 10.1. The van der Waals surface area contributed by atoms with Crippen LogP contribution in [-0.2, 0) is 20.7 Å². The first kappa shape index (κ1) is 17.9. The van der Waals surface area contributed by atoms with Gasteiger partial charge in [-0.2, -0.15) is 0 Å². The summed E-state index contributed by atoms with van der Waals surface area (Å²) in [4.78, 5) is 32.8. The van der Waals surface area contributed by atoms with Crippen molar-refractivity contribution in [1.29, 1.82) is 0 Å². The van der Waals surface area contributed by atoms with Crippen molar-refractivity contribution in [1.82, 2.24) is 5.32 Å². The lowest BCUT2D eigenvalue weighted by molar-refractivity contribution is -0.384. The van der Waals surface area contributed by atoms with Crippen LogP contribution in [0.5, 0.6) is 0 Å². The number of carboxylic acid groups (broad SMARTS) is 1. The molecule has 0 radical (unpaired) electrons. The molecule has 0 bridgehead atoms. The van der Waals surface area contributed by atoms with Crippen molar-refractivity contribution in [3.63, 3.8) is 0 Å². The topological polar surface area (TPSA) is 119 Å². The Kier molecular flexibility index (Phi) is 6.25. The van der Waals surface area contributed by atoms with E-state index in [9.17, 15) is 19.7 Å². The van der Waals surface area contributed by atoms with Crippen LogP contribution in [0.15, 0.2) is 24.3 Å². The monoisotopic (exact) mass is 336 g/mol. The second kappa shape index (κ2) is 8.39. The zero-order valence-electron chi connectivity index (χ0n) is 13.1. The van der Waals surface area contributed by atoms with Crippen LogP contribution in [0.2, 0.25) is 0 Å². The molecule has 1 aromatic rings. The molecule has 1 aliphatic heterocycles. The predicted molar refractivity (Wildman–Crippen MR) is 84.6 cm³/mol. The molecular weight excluding hydrogens is 316 g/mol. The largest absolute Gasteiger partial charge is 0.479 e. The second-order valence-electron chi connectivity index (χ2n) is 5.70. The minimum absolute atomic E-state index is 0.0715. The van der Waals surface area contributed by atoms with Crippen molar-refractivity contribution in [3.8, 4) is 0 Å². The summed E-state index contributed by atoms with van der Waals surface area (Å²) in [5.41, 5.74) is 1.08. The molecule has 1 heterocycles. The van der Waals surface area contributed by atoms with Crippen molar-refractivity contribution in [3.05, 3.63) is 39.9 Å². The van der Waals surface area contributed by atoms with E-state index in [1.807, 2.05) is 0 Å². The third-order valence-electron chi connectivity index (χ3n) is 3.93. The van der Waals surface area contributed by atoms with Gasteiger partial charge in [0.15, 0.2) is 6.10 Å². The number of aryl methyl sites for hydroxylation is 1. The molecule has 0 aliphatic carbocycles. The minimum Gasteiger partial charge on any atom is -0.479 e. The van der Waals surface area contributed by atoms with Gasteiger partial charge in [0.1, 0.15) is 6.10 Å². The van der Waals surface area contributed by atoms with Crippen molar-refractivity contribution in [2.75, 3.05) is 6.54 Å². The molecule has 1 aliphatic rings. The highest BCUT2D eigenvalue weighted by Crippen LogP contribution is 2.20. The highest BCUT2D eigenvalue weighted by atomic mass is 16.6. The van der Waals surface area contributed by atoms with Gasteiger partial charge in [-0.25, -0.2) is 4.79 Å². The third kappa shape index (κ3) is 5.02. The molecule has 1 amide bonds. The number of carboxylic acids is 1. The average molecular weight is 336 g/mol. The number of hydrogen-bond acceptors (Lipinski definition) is 5. The maximum atomic E-state index is 11.9. The fourth-order valence-electron chi connectivity index (χ4n) is 2.58. The number of carbonyl (C=O) groups is 2. The SMILES string of the molecule is O=C(NCCCCc1ccc([N+](=O)[O-])cc1)[C@@H]1CC[C@H](C(=O)O)O1. The van der Waals surface area contributed by atoms with Crippen LogP contribution in [0.1, 0.15) is 31.2 Å². The number of hydrogen-bond donors (Lipinski definition) is 2. The van der Waals surface area contributed by atoms with Gasteiger partial charge in [0.25, 0.3) is 5.69 Å². The third-order valence-corrected chi connectivity index (χ3v) is 3.93. The summed E-state index contributed by atoms with van der Waals surface area (Å²) >= 11 is 0. The normalized spacial score (nSPS) is 19.8. The Morgan fingerprint density at radius 2 is 1.88 bits per heavy atom. The van der Waals surface area contributed by atoms with Gasteiger partial charge in [0.2, 0.25) is 5.91 Å². The van der Waals surface area contributed by atoms with Gasteiger partial charge in [0.05, 0.1) is 4.92 Å². The summed E-state index contributed by atoms with van der Waals surface area (Å²) in [6, 6.07) is 6.42. The quantitative estimate of drug-likeness (QED) is 0.423. The summed E-state index contributed by atoms with van der Waals surface area (Å²) in [5.74, 6) is -1.30. The van der Waals surface area contributed by atoms with E-state index in [0.29, 0.717) is 19.4 Å². The number of non-ortho nitro benzene ring substituents is 1. The van der Waals surface area contributed by atoms with Crippen LogP contribution in [0.4, 0.5) is 5.69 Å².